The van der Waals surface area contributed by atoms with Gasteiger partial charge in [0.2, 0.25) is 0 Å². The van der Waals surface area contributed by atoms with Crippen molar-refractivity contribution in [3.05, 3.63) is 53.9 Å². The Bertz CT molecular complexity index is 814. The fourth-order valence-electron chi connectivity index (χ4n) is 2.31. The number of halogens is 2. The quantitative estimate of drug-likeness (QED) is 0.722. The van der Waals surface area contributed by atoms with Crippen LogP contribution in [0, 0.1) is 0 Å². The maximum Gasteiger partial charge on any atom is 0.323 e. The van der Waals surface area contributed by atoms with Crippen molar-refractivity contribution in [3.63, 3.8) is 0 Å². The Kier molecular flexibility index (Phi) is 4.59. The molecule has 0 unspecified atom stereocenters. The van der Waals surface area contributed by atoms with E-state index in [1.807, 2.05) is 42.1 Å². The summed E-state index contributed by atoms with van der Waals surface area (Å²) >= 11 is 5.77. The third-order valence-electron chi connectivity index (χ3n) is 3.32. The van der Waals surface area contributed by atoms with Crippen LogP contribution in [0.4, 0.5) is 16.2 Å². The minimum absolute atomic E-state index is 0. The maximum absolute atomic E-state index is 11.8. The number of aryl methyl sites for hydroxylation is 1. The summed E-state index contributed by atoms with van der Waals surface area (Å²) < 4.78 is 2.01. The lowest BCUT2D eigenvalue weighted by Crippen LogP contribution is -2.31. The van der Waals surface area contributed by atoms with E-state index < -0.39 is 6.03 Å². The number of nitrogens with zero attached hydrogens (tertiary/aromatic N) is 3. The summed E-state index contributed by atoms with van der Waals surface area (Å²) in [7, 11) is 1.97. The largest absolute Gasteiger partial charge is 0.351 e. The Labute approximate surface area is 138 Å². The van der Waals surface area contributed by atoms with Crippen molar-refractivity contribution in [1.29, 1.82) is 0 Å². The van der Waals surface area contributed by atoms with Gasteiger partial charge in [0.25, 0.3) is 0 Å². The number of benzene rings is 1. The fraction of sp³-hybridized carbons (Fsp3) is 0.0667. The van der Waals surface area contributed by atoms with E-state index in [1.165, 1.54) is 11.1 Å². The smallest absolute Gasteiger partial charge is 0.323 e. The zero-order valence-electron chi connectivity index (χ0n) is 11.7. The fourth-order valence-corrected chi connectivity index (χ4v) is 2.42. The third-order valence-corrected chi connectivity index (χ3v) is 3.54. The standard InChI is InChI=1S/C15H13ClN4O.ClH/c1-19-7-6-10-8-11(2-4-13(10)19)20(15(17)21)12-3-5-14(16)18-9-12;/h2-9H,1H3,(H2,17,21);1H. The second kappa shape index (κ2) is 6.25. The van der Waals surface area contributed by atoms with Crippen LogP contribution in [-0.2, 0) is 7.05 Å². The lowest BCUT2D eigenvalue weighted by Gasteiger charge is -2.20. The predicted molar refractivity (Wildman–Crippen MR) is 91.1 cm³/mol. The molecule has 2 N–H and O–H groups in total. The van der Waals surface area contributed by atoms with Crippen LogP contribution in [0.15, 0.2) is 48.8 Å². The summed E-state index contributed by atoms with van der Waals surface area (Å²) in [5.41, 5.74) is 7.85. The Morgan fingerprint density at radius 1 is 1.23 bits per heavy atom. The number of urea groups is 1. The highest BCUT2D eigenvalue weighted by Crippen LogP contribution is 2.28. The van der Waals surface area contributed by atoms with Crippen molar-refractivity contribution in [2.45, 2.75) is 0 Å². The van der Waals surface area contributed by atoms with Gasteiger partial charge in [-0.3, -0.25) is 4.90 Å². The topological polar surface area (TPSA) is 64.2 Å². The number of anilines is 2. The zero-order chi connectivity index (χ0) is 15.0. The van der Waals surface area contributed by atoms with E-state index in [1.54, 1.807) is 12.1 Å². The van der Waals surface area contributed by atoms with Crippen molar-refractivity contribution < 1.29 is 4.79 Å². The van der Waals surface area contributed by atoms with E-state index in [9.17, 15) is 4.79 Å². The first kappa shape index (κ1) is 16.1. The normalized spacial score (nSPS) is 10.3. The molecule has 0 saturated carbocycles. The molecule has 0 aliphatic heterocycles. The molecule has 0 radical (unpaired) electrons. The van der Waals surface area contributed by atoms with Crippen LogP contribution in [0.3, 0.4) is 0 Å². The van der Waals surface area contributed by atoms with E-state index >= 15 is 0 Å². The van der Waals surface area contributed by atoms with Gasteiger partial charge in [0.05, 0.1) is 17.6 Å². The molecule has 0 atom stereocenters. The molecule has 2 amide bonds. The summed E-state index contributed by atoms with van der Waals surface area (Å²) in [5.74, 6) is 0. The minimum Gasteiger partial charge on any atom is -0.351 e. The molecule has 0 aliphatic rings. The van der Waals surface area contributed by atoms with Crippen LogP contribution in [0.25, 0.3) is 10.9 Å². The molecule has 3 aromatic rings. The number of fused-ring (bicyclic) bond motifs is 1. The van der Waals surface area contributed by atoms with Crippen LogP contribution in [0.5, 0.6) is 0 Å². The summed E-state index contributed by atoms with van der Waals surface area (Å²) in [4.78, 5) is 17.2. The summed E-state index contributed by atoms with van der Waals surface area (Å²) in [6.07, 6.45) is 3.48. The van der Waals surface area contributed by atoms with Gasteiger partial charge in [0.1, 0.15) is 5.15 Å². The van der Waals surface area contributed by atoms with E-state index in [2.05, 4.69) is 4.98 Å². The molecular weight excluding hydrogens is 323 g/mol. The number of hydrogen-bond donors (Lipinski definition) is 1. The monoisotopic (exact) mass is 336 g/mol. The molecular formula is C15H14Cl2N4O. The molecule has 5 nitrogen and oxygen atoms in total. The first-order valence-electron chi connectivity index (χ1n) is 6.32. The number of carbonyl (C=O) groups is 1. The summed E-state index contributed by atoms with van der Waals surface area (Å²) in [5, 5.41) is 1.39. The molecule has 2 heterocycles. The SMILES string of the molecule is Cl.Cn1ccc2cc(N(C(N)=O)c3ccc(Cl)nc3)ccc21. The molecule has 2 aromatic heterocycles. The second-order valence-electron chi connectivity index (χ2n) is 4.68. The van der Waals surface area contributed by atoms with Crippen molar-refractivity contribution in [2.75, 3.05) is 4.90 Å². The molecule has 0 spiro atoms. The van der Waals surface area contributed by atoms with Gasteiger partial charge in [0.15, 0.2) is 0 Å². The number of amides is 2. The first-order valence-corrected chi connectivity index (χ1v) is 6.70. The molecule has 1 aromatic carbocycles. The van der Waals surface area contributed by atoms with Gasteiger partial charge >= 0.3 is 6.03 Å². The minimum atomic E-state index is -0.575. The molecule has 0 saturated heterocycles. The number of carbonyl (C=O) groups excluding carboxylic acids is 1. The van der Waals surface area contributed by atoms with Crippen LogP contribution in [0.1, 0.15) is 0 Å². The summed E-state index contributed by atoms with van der Waals surface area (Å²) in [6, 6.07) is 10.4. The zero-order valence-corrected chi connectivity index (χ0v) is 13.3. The van der Waals surface area contributed by atoms with Crippen molar-refractivity contribution in [2.24, 2.45) is 12.8 Å². The van der Waals surface area contributed by atoms with E-state index in [0.717, 1.165) is 10.9 Å². The third kappa shape index (κ3) is 2.86. The van der Waals surface area contributed by atoms with Crippen LogP contribution in [0.2, 0.25) is 5.15 Å². The average Bonchev–Trinajstić information content (AvgIpc) is 2.82. The Morgan fingerprint density at radius 3 is 2.59 bits per heavy atom. The van der Waals surface area contributed by atoms with E-state index in [0.29, 0.717) is 16.5 Å². The van der Waals surface area contributed by atoms with Crippen LogP contribution >= 0.6 is 24.0 Å². The molecule has 0 aliphatic carbocycles. The lowest BCUT2D eigenvalue weighted by molar-refractivity contribution is 0.256. The number of primary amides is 1. The van der Waals surface area contributed by atoms with Gasteiger partial charge in [-0.15, -0.1) is 12.4 Å². The highest BCUT2D eigenvalue weighted by molar-refractivity contribution is 6.29. The van der Waals surface area contributed by atoms with E-state index in [4.69, 9.17) is 17.3 Å². The molecule has 0 bridgehead atoms. The Morgan fingerprint density at radius 2 is 1.95 bits per heavy atom. The summed E-state index contributed by atoms with van der Waals surface area (Å²) in [6.45, 7) is 0. The van der Waals surface area contributed by atoms with E-state index in [-0.39, 0.29) is 12.4 Å². The lowest BCUT2D eigenvalue weighted by atomic mass is 10.2. The van der Waals surface area contributed by atoms with Crippen molar-refractivity contribution >= 4 is 52.3 Å². The highest BCUT2D eigenvalue weighted by Gasteiger charge is 2.16. The molecule has 22 heavy (non-hydrogen) atoms. The first-order chi connectivity index (χ1) is 10.1. The van der Waals surface area contributed by atoms with Gasteiger partial charge in [-0.05, 0) is 36.4 Å². The molecule has 3 rings (SSSR count). The van der Waals surface area contributed by atoms with Crippen LogP contribution < -0.4 is 10.6 Å². The van der Waals surface area contributed by atoms with Gasteiger partial charge in [-0.2, -0.15) is 0 Å². The highest BCUT2D eigenvalue weighted by atomic mass is 35.5. The Balaban J connectivity index is 0.00000176. The van der Waals surface area contributed by atoms with Crippen LogP contribution in [-0.4, -0.2) is 15.6 Å². The van der Waals surface area contributed by atoms with Crippen molar-refractivity contribution in [3.8, 4) is 0 Å². The predicted octanol–water partition coefficient (Wildman–Crippen LogP) is 3.87. The number of nitrogens with two attached hydrogens (primary N) is 1. The number of pyridine rings is 1. The second-order valence-corrected chi connectivity index (χ2v) is 5.07. The maximum atomic E-state index is 11.8. The van der Waals surface area contributed by atoms with Gasteiger partial charge in [0, 0.05) is 24.1 Å². The Hall–Kier alpha value is -2.24. The van der Waals surface area contributed by atoms with Gasteiger partial charge in [-0.1, -0.05) is 11.6 Å². The number of rotatable bonds is 2. The van der Waals surface area contributed by atoms with Gasteiger partial charge in [-0.25, -0.2) is 9.78 Å². The molecule has 7 heteroatoms. The van der Waals surface area contributed by atoms with Gasteiger partial charge < -0.3 is 10.3 Å². The number of hydrogen-bond acceptors (Lipinski definition) is 2. The average molecular weight is 337 g/mol. The molecule has 0 fully saturated rings. The van der Waals surface area contributed by atoms with Crippen molar-refractivity contribution in [1.82, 2.24) is 9.55 Å². The number of aromatic nitrogens is 2. The molecule has 114 valence electrons.